The molecule has 1 saturated heterocycles. The summed E-state index contributed by atoms with van der Waals surface area (Å²) in [5, 5.41) is 9.72. The Hall–Kier alpha value is -2.70. The van der Waals surface area contributed by atoms with Gasteiger partial charge in [-0.15, -0.1) is 0 Å². The Labute approximate surface area is 156 Å². The van der Waals surface area contributed by atoms with E-state index in [4.69, 9.17) is 0 Å². The molecule has 6 nitrogen and oxygen atoms in total. The number of benzene rings is 1. The van der Waals surface area contributed by atoms with Crippen molar-refractivity contribution in [2.45, 2.75) is 43.6 Å². The average molecular weight is 370 g/mol. The first kappa shape index (κ1) is 17.7. The molecule has 4 rings (SSSR count). The summed E-state index contributed by atoms with van der Waals surface area (Å²) in [5.74, 6) is 0.448. The van der Waals surface area contributed by atoms with Gasteiger partial charge in [-0.25, -0.2) is 9.49 Å². The average Bonchev–Trinajstić information content (AvgIpc) is 3.50. The fraction of sp³-hybridized carbons (Fsp3) is 0.450. The second kappa shape index (κ2) is 7.13. The highest BCUT2D eigenvalue weighted by Crippen LogP contribution is 2.48. The number of carbonyl (C=O) groups excluding carboxylic acids is 1. The van der Waals surface area contributed by atoms with Crippen molar-refractivity contribution >= 4 is 11.7 Å². The Morgan fingerprint density at radius 2 is 2.00 bits per heavy atom. The summed E-state index contributed by atoms with van der Waals surface area (Å²) >= 11 is 0. The second-order valence-electron chi connectivity index (χ2n) is 7.42. The molecule has 1 aliphatic carbocycles. The summed E-state index contributed by atoms with van der Waals surface area (Å²) in [4.78, 5) is 26.3. The summed E-state index contributed by atoms with van der Waals surface area (Å²) in [6, 6.07) is 9.57. The van der Waals surface area contributed by atoms with Gasteiger partial charge in [-0.05, 0) is 55.9 Å². The first-order valence-electron chi connectivity index (χ1n) is 9.45. The molecular formula is C20H23FN4O2. The van der Waals surface area contributed by atoms with Crippen molar-refractivity contribution in [2.75, 3.05) is 18.0 Å². The van der Waals surface area contributed by atoms with Gasteiger partial charge in [-0.2, -0.15) is 5.10 Å². The molecular weight excluding hydrogens is 347 g/mol. The van der Waals surface area contributed by atoms with E-state index in [1.807, 2.05) is 0 Å². The molecule has 1 aliphatic heterocycles. The number of piperidine rings is 1. The zero-order valence-electron chi connectivity index (χ0n) is 15.1. The Kier molecular flexibility index (Phi) is 4.68. The van der Waals surface area contributed by atoms with Crippen molar-refractivity contribution in [1.82, 2.24) is 15.5 Å². The van der Waals surface area contributed by atoms with Gasteiger partial charge < -0.3 is 10.2 Å². The maximum atomic E-state index is 13.2. The topological polar surface area (TPSA) is 78.1 Å². The Bertz CT molecular complexity index is 856. The van der Waals surface area contributed by atoms with Gasteiger partial charge in [0.2, 0.25) is 5.91 Å². The molecule has 1 amide bonds. The highest BCUT2D eigenvalue weighted by molar-refractivity contribution is 5.91. The standard InChI is InChI=1S/C20H23FN4O2/c21-15-6-4-14(5-7-15)20(10-11-20)19(27)22-13-16-3-1-2-12-25(16)17-8-9-18(26)24-23-17/h4-9,16H,1-3,10-13H2,(H,22,27)(H,24,26). The molecule has 1 aromatic carbocycles. The van der Waals surface area contributed by atoms with E-state index in [-0.39, 0.29) is 23.3 Å². The van der Waals surface area contributed by atoms with Crippen LogP contribution in [0.3, 0.4) is 0 Å². The van der Waals surface area contributed by atoms with E-state index in [1.165, 1.54) is 18.2 Å². The van der Waals surface area contributed by atoms with Crippen LogP contribution in [0.25, 0.3) is 0 Å². The number of halogens is 1. The number of hydrogen-bond acceptors (Lipinski definition) is 4. The predicted molar refractivity (Wildman–Crippen MR) is 100 cm³/mol. The molecule has 2 fully saturated rings. The van der Waals surface area contributed by atoms with Crippen LogP contribution in [0.1, 0.15) is 37.7 Å². The maximum absolute atomic E-state index is 13.2. The molecule has 2 heterocycles. The van der Waals surface area contributed by atoms with Crippen LogP contribution < -0.4 is 15.8 Å². The van der Waals surface area contributed by atoms with Crippen molar-refractivity contribution in [3.05, 3.63) is 58.1 Å². The lowest BCUT2D eigenvalue weighted by Gasteiger charge is -2.36. The summed E-state index contributed by atoms with van der Waals surface area (Å²) < 4.78 is 13.2. The van der Waals surface area contributed by atoms with Crippen LogP contribution in [0, 0.1) is 5.82 Å². The highest BCUT2D eigenvalue weighted by Gasteiger charge is 2.51. The van der Waals surface area contributed by atoms with E-state index < -0.39 is 5.41 Å². The van der Waals surface area contributed by atoms with Gasteiger partial charge >= 0.3 is 0 Å². The number of amides is 1. The minimum absolute atomic E-state index is 0.00839. The zero-order chi connectivity index (χ0) is 18.9. The zero-order valence-corrected chi connectivity index (χ0v) is 15.1. The van der Waals surface area contributed by atoms with Gasteiger partial charge in [0.25, 0.3) is 5.56 Å². The van der Waals surface area contributed by atoms with Gasteiger partial charge in [0, 0.05) is 25.2 Å². The molecule has 1 saturated carbocycles. The lowest BCUT2D eigenvalue weighted by atomic mass is 9.94. The van der Waals surface area contributed by atoms with Crippen molar-refractivity contribution in [1.29, 1.82) is 0 Å². The second-order valence-corrected chi connectivity index (χ2v) is 7.42. The largest absolute Gasteiger partial charge is 0.353 e. The van der Waals surface area contributed by atoms with Gasteiger partial charge in [0.15, 0.2) is 0 Å². The molecule has 1 aromatic heterocycles. The first-order valence-corrected chi connectivity index (χ1v) is 9.45. The highest BCUT2D eigenvalue weighted by atomic mass is 19.1. The maximum Gasteiger partial charge on any atom is 0.264 e. The van der Waals surface area contributed by atoms with Crippen LogP contribution in [0.2, 0.25) is 0 Å². The molecule has 27 heavy (non-hydrogen) atoms. The molecule has 0 bridgehead atoms. The predicted octanol–water partition coefficient (Wildman–Crippen LogP) is 2.12. The van der Waals surface area contributed by atoms with Crippen molar-refractivity contribution in [3.8, 4) is 0 Å². The van der Waals surface area contributed by atoms with Gasteiger partial charge in [0.1, 0.15) is 11.6 Å². The summed E-state index contributed by atoms with van der Waals surface area (Å²) in [5.41, 5.74) is 0.142. The Morgan fingerprint density at radius 1 is 1.22 bits per heavy atom. The van der Waals surface area contributed by atoms with E-state index in [0.717, 1.165) is 50.0 Å². The van der Waals surface area contributed by atoms with Crippen LogP contribution in [-0.2, 0) is 10.2 Å². The minimum Gasteiger partial charge on any atom is -0.353 e. The number of rotatable bonds is 5. The van der Waals surface area contributed by atoms with Gasteiger partial charge in [-0.3, -0.25) is 9.59 Å². The number of nitrogens with one attached hydrogen (secondary N) is 2. The van der Waals surface area contributed by atoms with E-state index in [1.54, 1.807) is 18.2 Å². The van der Waals surface area contributed by atoms with Gasteiger partial charge in [-0.1, -0.05) is 12.1 Å². The van der Waals surface area contributed by atoms with Crippen molar-refractivity contribution < 1.29 is 9.18 Å². The van der Waals surface area contributed by atoms with Crippen LogP contribution in [0.5, 0.6) is 0 Å². The third kappa shape index (κ3) is 3.59. The minimum atomic E-state index is -0.510. The number of anilines is 1. The molecule has 2 aromatic rings. The number of H-pyrrole nitrogens is 1. The lowest BCUT2D eigenvalue weighted by Crippen LogP contribution is -2.49. The normalized spacial score (nSPS) is 20.9. The first-order chi connectivity index (χ1) is 13.1. The Balaban J connectivity index is 1.43. The number of hydrogen-bond donors (Lipinski definition) is 2. The quantitative estimate of drug-likeness (QED) is 0.845. The molecule has 2 N–H and O–H groups in total. The van der Waals surface area contributed by atoms with Crippen molar-refractivity contribution in [2.24, 2.45) is 0 Å². The van der Waals surface area contributed by atoms with E-state index >= 15 is 0 Å². The number of aromatic amines is 1. The lowest BCUT2D eigenvalue weighted by molar-refractivity contribution is -0.123. The molecule has 7 heteroatoms. The Morgan fingerprint density at radius 3 is 2.67 bits per heavy atom. The fourth-order valence-corrected chi connectivity index (χ4v) is 3.93. The van der Waals surface area contributed by atoms with Gasteiger partial charge in [0.05, 0.1) is 5.41 Å². The summed E-state index contributed by atoms with van der Waals surface area (Å²) in [6.07, 6.45) is 4.71. The molecule has 142 valence electrons. The molecule has 0 spiro atoms. The smallest absolute Gasteiger partial charge is 0.264 e. The van der Waals surface area contributed by atoms with Crippen LogP contribution in [0.4, 0.5) is 10.2 Å². The third-order valence-corrected chi connectivity index (χ3v) is 5.67. The van der Waals surface area contributed by atoms with E-state index in [2.05, 4.69) is 20.4 Å². The van der Waals surface area contributed by atoms with Crippen LogP contribution in [0.15, 0.2) is 41.2 Å². The molecule has 1 atom stereocenters. The monoisotopic (exact) mass is 370 g/mol. The number of aromatic nitrogens is 2. The molecule has 1 unspecified atom stereocenters. The van der Waals surface area contributed by atoms with E-state index in [9.17, 15) is 14.0 Å². The van der Waals surface area contributed by atoms with E-state index in [0.29, 0.717) is 6.54 Å². The van der Waals surface area contributed by atoms with Crippen LogP contribution in [-0.4, -0.2) is 35.2 Å². The SMILES string of the molecule is O=C(NCC1CCCCN1c1ccc(=O)[nH]n1)C1(c2ccc(F)cc2)CC1. The molecule has 0 radical (unpaired) electrons. The summed E-state index contributed by atoms with van der Waals surface area (Å²) in [7, 11) is 0. The number of carbonyl (C=O) groups is 1. The third-order valence-electron chi connectivity index (χ3n) is 5.67. The molecule has 2 aliphatic rings. The summed E-state index contributed by atoms with van der Waals surface area (Å²) in [6.45, 7) is 1.38. The van der Waals surface area contributed by atoms with Crippen LogP contribution >= 0.6 is 0 Å². The van der Waals surface area contributed by atoms with Crippen molar-refractivity contribution in [3.63, 3.8) is 0 Å². The number of nitrogens with zero attached hydrogens (tertiary/aromatic N) is 2. The fourth-order valence-electron chi connectivity index (χ4n) is 3.93.